The van der Waals surface area contributed by atoms with Crippen molar-refractivity contribution in [2.24, 2.45) is 11.8 Å². The van der Waals surface area contributed by atoms with E-state index in [1.807, 2.05) is 0 Å². The van der Waals surface area contributed by atoms with Gasteiger partial charge in [0.15, 0.2) is 0 Å². The van der Waals surface area contributed by atoms with Gasteiger partial charge in [-0.1, -0.05) is 106 Å². The Morgan fingerprint density at radius 1 is 0.686 bits per heavy atom. The maximum absolute atomic E-state index is 7.20. The van der Waals surface area contributed by atoms with Gasteiger partial charge in [0.1, 0.15) is 5.58 Å². The number of hydrogen-bond acceptors (Lipinski definition) is 3. The molecule has 4 aromatic carbocycles. The number of benzene rings is 4. The molecule has 2 aliphatic carbocycles. The highest BCUT2D eigenvalue weighted by Gasteiger charge is 2.51. The Hall–Kier alpha value is -3.92. The Balaban J connectivity index is 1.38. The molecule has 4 aliphatic rings. The van der Waals surface area contributed by atoms with Crippen molar-refractivity contribution in [3.05, 3.63) is 95.1 Å². The largest absolute Gasteiger partial charge is 0.468 e. The van der Waals surface area contributed by atoms with Gasteiger partial charge < -0.3 is 14.2 Å². The Kier molecular flexibility index (Phi) is 7.30. The summed E-state index contributed by atoms with van der Waals surface area (Å²) in [6.45, 7) is 23.3. The Bertz CT molecular complexity index is 2180. The molecule has 51 heavy (non-hydrogen) atoms. The van der Waals surface area contributed by atoms with Crippen LogP contribution >= 0.6 is 0 Å². The lowest BCUT2D eigenvalue weighted by Gasteiger charge is -2.46. The van der Waals surface area contributed by atoms with Crippen LogP contribution in [0.1, 0.15) is 129 Å². The third-order valence-corrected chi connectivity index (χ3v) is 13.0. The Morgan fingerprint density at radius 3 is 1.98 bits per heavy atom. The van der Waals surface area contributed by atoms with Gasteiger partial charge in [0.05, 0.1) is 11.3 Å². The van der Waals surface area contributed by atoms with Crippen molar-refractivity contribution in [3.63, 3.8) is 0 Å². The molecule has 4 heteroatoms. The first-order valence-corrected chi connectivity index (χ1v) is 19.8. The predicted molar refractivity (Wildman–Crippen MR) is 219 cm³/mol. The highest BCUT2D eigenvalue weighted by molar-refractivity contribution is 6.99. The monoisotopic (exact) mass is 674 g/mol. The lowest BCUT2D eigenvalue weighted by Crippen LogP contribution is -2.62. The van der Waals surface area contributed by atoms with Crippen molar-refractivity contribution in [1.82, 2.24) is 0 Å². The van der Waals surface area contributed by atoms with Crippen LogP contribution in [0, 0.1) is 11.8 Å². The maximum Gasteiger partial charge on any atom is 0.297 e. The second kappa shape index (κ2) is 11.3. The average Bonchev–Trinajstić information content (AvgIpc) is 3.82. The van der Waals surface area contributed by atoms with Crippen molar-refractivity contribution in [2.75, 3.05) is 9.80 Å². The SMILES string of the molecule is CC(C)c1ccc2c(c1)N(C1CC3CCC1C3)c1cc(C(C)C)cc3c1B2c1oc2ccc(C(C)(C)C)cc2c1N3c1ccc(C(C)(C)C)cc1. The van der Waals surface area contributed by atoms with E-state index < -0.39 is 0 Å². The summed E-state index contributed by atoms with van der Waals surface area (Å²) in [5.74, 6) is 2.47. The van der Waals surface area contributed by atoms with Crippen molar-refractivity contribution >= 4 is 62.7 Å². The lowest BCUT2D eigenvalue weighted by molar-refractivity contribution is 0.413. The fourth-order valence-electron chi connectivity index (χ4n) is 9.97. The molecule has 0 amide bonds. The summed E-state index contributed by atoms with van der Waals surface area (Å²) < 4.78 is 7.20. The number of hydrogen-bond donors (Lipinski definition) is 0. The first kappa shape index (κ1) is 33.0. The zero-order chi connectivity index (χ0) is 35.7. The van der Waals surface area contributed by atoms with E-state index in [1.165, 1.54) is 92.7 Å². The molecule has 2 fully saturated rings. The van der Waals surface area contributed by atoms with E-state index in [0.717, 1.165) is 23.1 Å². The highest BCUT2D eigenvalue weighted by Crippen LogP contribution is 2.52. The zero-order valence-corrected chi connectivity index (χ0v) is 32.5. The van der Waals surface area contributed by atoms with Crippen molar-refractivity contribution in [3.8, 4) is 0 Å². The van der Waals surface area contributed by atoms with Crippen molar-refractivity contribution in [1.29, 1.82) is 0 Å². The van der Waals surface area contributed by atoms with Crippen LogP contribution in [0.4, 0.5) is 28.4 Å². The topological polar surface area (TPSA) is 19.6 Å². The van der Waals surface area contributed by atoms with Gasteiger partial charge in [-0.25, -0.2) is 0 Å². The highest BCUT2D eigenvalue weighted by atomic mass is 16.3. The number of fused-ring (bicyclic) bond motifs is 8. The standard InChI is InChI=1S/C47H55BN2O/c1-27(2)30-13-19-37-39(23-30)50(38-22-29-11-12-31(38)21-29)41-25-32(28(3)4)24-40-43(41)48(37)45-44(36-26-34(47(8,9)10)16-20-42(36)51-45)49(40)35-17-14-33(15-18-35)46(5,6)7/h13-20,23-29,31,38H,11-12,21-22H2,1-10H3. The molecular formula is C47H55BN2O. The van der Waals surface area contributed by atoms with E-state index in [2.05, 4.69) is 152 Å². The molecule has 0 saturated heterocycles. The summed E-state index contributed by atoms with van der Waals surface area (Å²) in [7, 11) is 0. The summed E-state index contributed by atoms with van der Waals surface area (Å²) in [6, 6.07) is 29.3. The molecule has 1 aromatic heterocycles. The van der Waals surface area contributed by atoms with Crippen LogP contribution in [0.2, 0.25) is 0 Å². The van der Waals surface area contributed by atoms with E-state index in [-0.39, 0.29) is 17.5 Å². The van der Waals surface area contributed by atoms with Crippen LogP contribution in [0.15, 0.2) is 77.2 Å². The Labute approximate surface area is 306 Å². The minimum atomic E-state index is 0.0212. The fraction of sp³-hybridized carbons (Fsp3) is 0.447. The molecule has 2 aliphatic heterocycles. The third kappa shape index (κ3) is 5.06. The summed E-state index contributed by atoms with van der Waals surface area (Å²) in [4.78, 5) is 5.42. The van der Waals surface area contributed by atoms with Gasteiger partial charge in [-0.3, -0.25) is 0 Å². The predicted octanol–water partition coefficient (Wildman–Crippen LogP) is 11.2. The first-order valence-electron chi connectivity index (χ1n) is 19.8. The van der Waals surface area contributed by atoms with E-state index >= 15 is 0 Å². The summed E-state index contributed by atoms with van der Waals surface area (Å²) >= 11 is 0. The molecule has 3 unspecified atom stereocenters. The van der Waals surface area contributed by atoms with E-state index in [9.17, 15) is 0 Å². The molecule has 0 spiro atoms. The normalized spacial score (nSPS) is 20.9. The molecular weight excluding hydrogens is 619 g/mol. The van der Waals surface area contributed by atoms with Crippen LogP contribution < -0.4 is 26.4 Å². The average molecular weight is 675 g/mol. The summed E-state index contributed by atoms with van der Waals surface area (Å²) in [6.07, 6.45) is 5.44. The first-order chi connectivity index (χ1) is 24.2. The van der Waals surface area contributed by atoms with Gasteiger partial charge in [0.2, 0.25) is 0 Å². The minimum Gasteiger partial charge on any atom is -0.468 e. The molecule has 3 nitrogen and oxygen atoms in total. The van der Waals surface area contributed by atoms with E-state index in [4.69, 9.17) is 4.42 Å². The fourth-order valence-corrected chi connectivity index (χ4v) is 9.97. The molecule has 2 saturated carbocycles. The molecule has 262 valence electrons. The molecule has 3 heterocycles. The molecule has 5 aromatic rings. The Morgan fingerprint density at radius 2 is 1.35 bits per heavy atom. The number of rotatable bonds is 4. The maximum atomic E-state index is 7.20. The summed E-state index contributed by atoms with van der Waals surface area (Å²) in [5, 5.41) is 1.20. The van der Waals surface area contributed by atoms with Crippen molar-refractivity contribution < 1.29 is 4.42 Å². The third-order valence-electron chi connectivity index (χ3n) is 13.0. The molecule has 2 bridgehead atoms. The zero-order valence-electron chi connectivity index (χ0n) is 32.5. The molecule has 0 radical (unpaired) electrons. The van der Waals surface area contributed by atoms with Crippen LogP contribution in [0.5, 0.6) is 0 Å². The minimum absolute atomic E-state index is 0.0212. The number of nitrogens with zero attached hydrogens (tertiary/aromatic N) is 2. The van der Waals surface area contributed by atoms with E-state index in [1.54, 1.807) is 0 Å². The van der Waals surface area contributed by atoms with Gasteiger partial charge in [0, 0.05) is 34.2 Å². The molecule has 0 N–H and O–H groups in total. The van der Waals surface area contributed by atoms with Crippen LogP contribution in [-0.2, 0) is 10.8 Å². The second-order valence-corrected chi connectivity index (χ2v) is 19.1. The van der Waals surface area contributed by atoms with Gasteiger partial charge in [-0.2, -0.15) is 0 Å². The molecule has 9 rings (SSSR count). The second-order valence-electron chi connectivity index (χ2n) is 19.1. The van der Waals surface area contributed by atoms with Gasteiger partial charge >= 0.3 is 0 Å². The quantitative estimate of drug-likeness (QED) is 0.174. The van der Waals surface area contributed by atoms with Gasteiger partial charge in [-0.15, -0.1) is 0 Å². The van der Waals surface area contributed by atoms with Crippen LogP contribution in [0.3, 0.4) is 0 Å². The summed E-state index contributed by atoms with van der Waals surface area (Å²) in [5.41, 5.74) is 17.0. The van der Waals surface area contributed by atoms with Crippen molar-refractivity contribution in [2.45, 2.75) is 124 Å². The number of anilines is 5. The van der Waals surface area contributed by atoms with Gasteiger partial charge in [-0.05, 0) is 129 Å². The lowest BCUT2D eigenvalue weighted by atomic mass is 9.35. The van der Waals surface area contributed by atoms with Gasteiger partial charge in [0.25, 0.3) is 6.71 Å². The number of furan rings is 1. The van der Waals surface area contributed by atoms with Crippen LogP contribution in [-0.4, -0.2) is 12.8 Å². The van der Waals surface area contributed by atoms with Crippen LogP contribution in [0.25, 0.3) is 11.0 Å². The van der Waals surface area contributed by atoms with E-state index in [0.29, 0.717) is 17.9 Å². The molecule has 3 atom stereocenters. The smallest absolute Gasteiger partial charge is 0.297 e.